The zero-order valence-electron chi connectivity index (χ0n) is 11.6. The molecular formula is C13H15ClN2O4S. The SMILES string of the molecule is COc1cc(Cl)c(C)cc1NC(=O)N1CSC[C@H]1C(=O)O. The van der Waals surface area contributed by atoms with Gasteiger partial charge in [0.25, 0.3) is 0 Å². The maximum Gasteiger partial charge on any atom is 0.327 e. The molecule has 1 aromatic rings. The highest BCUT2D eigenvalue weighted by molar-refractivity contribution is 7.99. The molecule has 0 saturated carbocycles. The highest BCUT2D eigenvalue weighted by Crippen LogP contribution is 2.32. The summed E-state index contributed by atoms with van der Waals surface area (Å²) in [7, 11) is 1.47. The third-order valence-corrected chi connectivity index (χ3v) is 4.57. The fourth-order valence-corrected chi connectivity index (χ4v) is 3.26. The number of carbonyl (C=O) groups is 2. The number of ether oxygens (including phenoxy) is 1. The van der Waals surface area contributed by atoms with Gasteiger partial charge in [-0.05, 0) is 18.6 Å². The first kappa shape index (κ1) is 15.8. The number of anilines is 1. The topological polar surface area (TPSA) is 78.9 Å². The number of hydrogen-bond acceptors (Lipinski definition) is 4. The number of benzene rings is 1. The summed E-state index contributed by atoms with van der Waals surface area (Å²) in [5.74, 6) is 0.157. The van der Waals surface area contributed by atoms with E-state index in [1.165, 1.54) is 23.8 Å². The lowest BCUT2D eigenvalue weighted by atomic mass is 10.2. The van der Waals surface area contributed by atoms with Crippen LogP contribution in [0.25, 0.3) is 0 Å². The van der Waals surface area contributed by atoms with Gasteiger partial charge in [0, 0.05) is 16.8 Å². The average molecular weight is 331 g/mol. The van der Waals surface area contributed by atoms with Gasteiger partial charge < -0.3 is 20.1 Å². The highest BCUT2D eigenvalue weighted by atomic mass is 35.5. The molecule has 1 atom stereocenters. The Kier molecular flexibility index (Phi) is 4.84. The van der Waals surface area contributed by atoms with Crippen LogP contribution in [-0.2, 0) is 4.79 Å². The van der Waals surface area contributed by atoms with Crippen LogP contribution in [0.3, 0.4) is 0 Å². The standard InChI is InChI=1S/C13H15ClN2O4S/c1-7-3-9(11(20-2)4-8(7)14)15-13(19)16-6-21-5-10(16)12(17)18/h3-4,10H,5-6H2,1-2H3,(H,15,19)(H,17,18)/t10-/m0/s1. The second-order valence-electron chi connectivity index (χ2n) is 4.56. The Morgan fingerprint density at radius 2 is 2.24 bits per heavy atom. The number of carboxylic acid groups (broad SMARTS) is 1. The van der Waals surface area contributed by atoms with Crippen molar-refractivity contribution in [2.45, 2.75) is 13.0 Å². The Hall–Kier alpha value is -1.60. The van der Waals surface area contributed by atoms with Crippen molar-refractivity contribution < 1.29 is 19.4 Å². The van der Waals surface area contributed by atoms with Crippen LogP contribution in [0.2, 0.25) is 5.02 Å². The van der Waals surface area contributed by atoms with Crippen LogP contribution in [-0.4, -0.2) is 46.8 Å². The van der Waals surface area contributed by atoms with Crippen LogP contribution < -0.4 is 10.1 Å². The van der Waals surface area contributed by atoms with Crippen LogP contribution in [0.5, 0.6) is 5.75 Å². The molecular weight excluding hydrogens is 316 g/mol. The van der Waals surface area contributed by atoms with Crippen molar-refractivity contribution >= 4 is 41.1 Å². The third-order valence-electron chi connectivity index (χ3n) is 3.15. The molecule has 0 aliphatic carbocycles. The molecule has 0 radical (unpaired) electrons. The number of aryl methyl sites for hydroxylation is 1. The molecule has 1 heterocycles. The van der Waals surface area contributed by atoms with Crippen LogP contribution in [0, 0.1) is 6.92 Å². The number of urea groups is 1. The van der Waals surface area contributed by atoms with Crippen molar-refractivity contribution in [1.82, 2.24) is 4.90 Å². The van der Waals surface area contributed by atoms with Crippen LogP contribution in [0.1, 0.15) is 5.56 Å². The van der Waals surface area contributed by atoms with E-state index < -0.39 is 18.0 Å². The summed E-state index contributed by atoms with van der Waals surface area (Å²) in [4.78, 5) is 24.6. The zero-order chi connectivity index (χ0) is 15.6. The van der Waals surface area contributed by atoms with E-state index in [-0.39, 0.29) is 0 Å². The first-order chi connectivity index (χ1) is 9.93. The van der Waals surface area contributed by atoms with Gasteiger partial charge in [-0.25, -0.2) is 9.59 Å². The third kappa shape index (κ3) is 3.36. The molecule has 2 N–H and O–H groups in total. The van der Waals surface area contributed by atoms with Gasteiger partial charge in [0.15, 0.2) is 0 Å². The van der Waals surface area contributed by atoms with E-state index in [1.807, 2.05) is 6.92 Å². The largest absolute Gasteiger partial charge is 0.495 e. The van der Waals surface area contributed by atoms with Gasteiger partial charge in [-0.3, -0.25) is 0 Å². The number of carboxylic acids is 1. The molecule has 114 valence electrons. The van der Waals surface area contributed by atoms with Gasteiger partial charge >= 0.3 is 12.0 Å². The normalized spacial score (nSPS) is 17.7. The van der Waals surface area contributed by atoms with Crippen molar-refractivity contribution in [1.29, 1.82) is 0 Å². The van der Waals surface area contributed by atoms with Crippen molar-refractivity contribution in [3.05, 3.63) is 22.7 Å². The number of methoxy groups -OCH3 is 1. The lowest BCUT2D eigenvalue weighted by Gasteiger charge is -2.22. The molecule has 6 nitrogen and oxygen atoms in total. The van der Waals surface area contributed by atoms with E-state index in [4.69, 9.17) is 21.4 Å². The fraction of sp³-hybridized carbons (Fsp3) is 0.385. The van der Waals surface area contributed by atoms with Crippen LogP contribution >= 0.6 is 23.4 Å². The number of hydrogen-bond donors (Lipinski definition) is 2. The van der Waals surface area contributed by atoms with E-state index in [0.717, 1.165) is 5.56 Å². The van der Waals surface area contributed by atoms with Gasteiger partial charge in [0.1, 0.15) is 11.8 Å². The number of halogens is 1. The molecule has 0 aromatic heterocycles. The average Bonchev–Trinajstić information content (AvgIpc) is 2.92. The minimum Gasteiger partial charge on any atom is -0.495 e. The first-order valence-corrected chi connectivity index (χ1v) is 7.69. The molecule has 8 heteroatoms. The Morgan fingerprint density at radius 1 is 1.52 bits per heavy atom. The van der Waals surface area contributed by atoms with Crippen LogP contribution in [0.15, 0.2) is 12.1 Å². The van der Waals surface area contributed by atoms with Crippen molar-refractivity contribution in [2.24, 2.45) is 0 Å². The fourth-order valence-electron chi connectivity index (χ4n) is 1.96. The summed E-state index contributed by atoms with van der Waals surface area (Å²) in [5.41, 5.74) is 1.25. The molecule has 1 aliphatic heterocycles. The number of rotatable bonds is 3. The lowest BCUT2D eigenvalue weighted by molar-refractivity contribution is -0.140. The molecule has 0 spiro atoms. The van der Waals surface area contributed by atoms with Gasteiger partial charge in [-0.2, -0.15) is 0 Å². The maximum absolute atomic E-state index is 12.2. The van der Waals surface area contributed by atoms with Gasteiger partial charge in [0.2, 0.25) is 0 Å². The first-order valence-electron chi connectivity index (χ1n) is 6.16. The van der Waals surface area contributed by atoms with Crippen molar-refractivity contribution in [2.75, 3.05) is 24.1 Å². The Labute approximate surface area is 131 Å². The Balaban J connectivity index is 2.20. The zero-order valence-corrected chi connectivity index (χ0v) is 13.1. The number of aliphatic carboxylic acids is 1. The van der Waals surface area contributed by atoms with E-state index in [2.05, 4.69) is 5.32 Å². The summed E-state index contributed by atoms with van der Waals surface area (Å²) in [6, 6.07) is 2.03. The second-order valence-corrected chi connectivity index (χ2v) is 5.96. The molecule has 0 unspecified atom stereocenters. The number of amides is 2. The van der Waals surface area contributed by atoms with E-state index in [0.29, 0.717) is 28.1 Å². The Bertz CT molecular complexity index is 582. The van der Waals surface area contributed by atoms with Gasteiger partial charge in [-0.15, -0.1) is 11.8 Å². The maximum atomic E-state index is 12.2. The molecule has 1 fully saturated rings. The Morgan fingerprint density at radius 3 is 2.86 bits per heavy atom. The molecule has 2 rings (SSSR count). The van der Waals surface area contributed by atoms with Crippen molar-refractivity contribution in [3.63, 3.8) is 0 Å². The monoisotopic (exact) mass is 330 g/mol. The van der Waals surface area contributed by atoms with Gasteiger partial charge in [-0.1, -0.05) is 11.6 Å². The molecule has 21 heavy (non-hydrogen) atoms. The highest BCUT2D eigenvalue weighted by Gasteiger charge is 2.34. The smallest absolute Gasteiger partial charge is 0.327 e. The number of carbonyl (C=O) groups excluding carboxylic acids is 1. The lowest BCUT2D eigenvalue weighted by Crippen LogP contribution is -2.44. The van der Waals surface area contributed by atoms with E-state index in [1.54, 1.807) is 12.1 Å². The summed E-state index contributed by atoms with van der Waals surface area (Å²) < 4.78 is 5.18. The predicted molar refractivity (Wildman–Crippen MR) is 82.3 cm³/mol. The second kappa shape index (κ2) is 6.44. The summed E-state index contributed by atoms with van der Waals surface area (Å²) >= 11 is 7.41. The molecule has 1 aliphatic rings. The minimum atomic E-state index is -1.01. The van der Waals surface area contributed by atoms with Crippen LogP contribution in [0.4, 0.5) is 10.5 Å². The van der Waals surface area contributed by atoms with Crippen molar-refractivity contribution in [3.8, 4) is 5.75 Å². The van der Waals surface area contributed by atoms with E-state index in [9.17, 15) is 9.59 Å². The summed E-state index contributed by atoms with van der Waals surface area (Å²) in [6.45, 7) is 1.81. The summed E-state index contributed by atoms with van der Waals surface area (Å²) in [5, 5.41) is 12.3. The quantitative estimate of drug-likeness (QED) is 0.890. The van der Waals surface area contributed by atoms with Gasteiger partial charge in [0.05, 0.1) is 18.7 Å². The number of nitrogens with zero attached hydrogens (tertiary/aromatic N) is 1. The molecule has 0 bridgehead atoms. The van der Waals surface area contributed by atoms with E-state index >= 15 is 0 Å². The minimum absolute atomic E-state index is 0.345. The predicted octanol–water partition coefficient (Wildman–Crippen LogP) is 2.65. The molecule has 1 saturated heterocycles. The number of nitrogens with one attached hydrogen (secondary N) is 1. The molecule has 1 aromatic carbocycles. The molecule has 2 amide bonds. The summed E-state index contributed by atoms with van der Waals surface area (Å²) in [6.07, 6.45) is 0. The number of thioether (sulfide) groups is 1.